The van der Waals surface area contributed by atoms with Crippen molar-refractivity contribution in [2.75, 3.05) is 13.1 Å². The number of sulfonamides is 1. The lowest BCUT2D eigenvalue weighted by Crippen LogP contribution is -2.32. The molecule has 1 aliphatic rings. The number of rotatable bonds is 5. The third-order valence-corrected chi connectivity index (χ3v) is 5.92. The van der Waals surface area contributed by atoms with E-state index >= 15 is 0 Å². The molecule has 2 rings (SSSR count). The summed E-state index contributed by atoms with van der Waals surface area (Å²) in [6.07, 6.45) is 0.0203. The van der Waals surface area contributed by atoms with Crippen LogP contribution in [0.15, 0.2) is 23.1 Å². The Kier molecular flexibility index (Phi) is 5.01. The van der Waals surface area contributed by atoms with Crippen molar-refractivity contribution in [2.24, 2.45) is 17.6 Å². The van der Waals surface area contributed by atoms with E-state index in [4.69, 9.17) is 10.5 Å². The van der Waals surface area contributed by atoms with Crippen molar-refractivity contribution in [3.8, 4) is 5.75 Å². The second kappa shape index (κ2) is 6.49. The number of amides is 1. The molecule has 7 heteroatoms. The standard InChI is InChI=1S/C16H24N2O4S/c1-10(2)22-15-6-5-13(7-11(15)3)23(20,21)18-8-12(4)14(9-18)16(17)19/h5-7,10,12,14H,8-9H2,1-4H3,(H2,17,19)/t12-,14-/m1/s1. The van der Waals surface area contributed by atoms with Crippen LogP contribution in [-0.4, -0.2) is 37.8 Å². The average Bonchev–Trinajstić information content (AvgIpc) is 2.83. The number of carbonyl (C=O) groups is 1. The molecule has 1 aromatic carbocycles. The van der Waals surface area contributed by atoms with Crippen LogP contribution < -0.4 is 10.5 Å². The van der Waals surface area contributed by atoms with E-state index in [-0.39, 0.29) is 23.5 Å². The fourth-order valence-corrected chi connectivity index (χ4v) is 4.46. The normalized spacial score (nSPS) is 22.5. The topological polar surface area (TPSA) is 89.7 Å². The molecule has 128 valence electrons. The van der Waals surface area contributed by atoms with Gasteiger partial charge in [-0.3, -0.25) is 4.79 Å². The first-order valence-corrected chi connectivity index (χ1v) is 9.13. The van der Waals surface area contributed by atoms with Crippen LogP contribution in [0.5, 0.6) is 5.75 Å². The number of hydrogen-bond acceptors (Lipinski definition) is 4. The van der Waals surface area contributed by atoms with Crippen molar-refractivity contribution < 1.29 is 17.9 Å². The molecule has 2 atom stereocenters. The van der Waals surface area contributed by atoms with Gasteiger partial charge in [-0.25, -0.2) is 8.42 Å². The number of nitrogens with two attached hydrogens (primary N) is 1. The quantitative estimate of drug-likeness (QED) is 0.880. The molecule has 0 spiro atoms. The van der Waals surface area contributed by atoms with Crippen molar-refractivity contribution in [3.05, 3.63) is 23.8 Å². The highest BCUT2D eigenvalue weighted by Gasteiger charge is 2.39. The van der Waals surface area contributed by atoms with E-state index in [2.05, 4.69) is 0 Å². The van der Waals surface area contributed by atoms with Crippen molar-refractivity contribution in [3.63, 3.8) is 0 Å². The molecule has 0 aliphatic carbocycles. The predicted molar refractivity (Wildman–Crippen MR) is 87.6 cm³/mol. The van der Waals surface area contributed by atoms with Gasteiger partial charge in [-0.05, 0) is 50.5 Å². The van der Waals surface area contributed by atoms with Crippen LogP contribution in [-0.2, 0) is 14.8 Å². The van der Waals surface area contributed by atoms with Crippen molar-refractivity contribution >= 4 is 15.9 Å². The number of ether oxygens (including phenoxy) is 1. The largest absolute Gasteiger partial charge is 0.491 e. The van der Waals surface area contributed by atoms with Crippen molar-refractivity contribution in [1.29, 1.82) is 0 Å². The Hall–Kier alpha value is -1.60. The van der Waals surface area contributed by atoms with Crippen LogP contribution in [0.25, 0.3) is 0 Å². The molecule has 0 unspecified atom stereocenters. The van der Waals surface area contributed by atoms with Gasteiger partial charge in [0.1, 0.15) is 5.75 Å². The van der Waals surface area contributed by atoms with Crippen LogP contribution in [0.4, 0.5) is 0 Å². The highest BCUT2D eigenvalue weighted by atomic mass is 32.2. The number of nitrogens with zero attached hydrogens (tertiary/aromatic N) is 1. The fourth-order valence-electron chi connectivity index (χ4n) is 2.81. The number of benzene rings is 1. The van der Waals surface area contributed by atoms with Crippen LogP contribution in [0.3, 0.4) is 0 Å². The number of aryl methyl sites for hydroxylation is 1. The maximum Gasteiger partial charge on any atom is 0.243 e. The Balaban J connectivity index is 2.27. The van der Waals surface area contributed by atoms with E-state index in [1.165, 1.54) is 4.31 Å². The van der Waals surface area contributed by atoms with Crippen LogP contribution in [0.1, 0.15) is 26.3 Å². The Morgan fingerprint density at radius 3 is 2.48 bits per heavy atom. The first-order valence-electron chi connectivity index (χ1n) is 7.69. The van der Waals surface area contributed by atoms with E-state index < -0.39 is 21.8 Å². The lowest BCUT2D eigenvalue weighted by atomic mass is 9.98. The van der Waals surface area contributed by atoms with Gasteiger partial charge < -0.3 is 10.5 Å². The van der Waals surface area contributed by atoms with Crippen molar-refractivity contribution in [2.45, 2.75) is 38.7 Å². The van der Waals surface area contributed by atoms with Gasteiger partial charge in [-0.1, -0.05) is 6.92 Å². The van der Waals surface area contributed by atoms with Gasteiger partial charge in [0, 0.05) is 13.1 Å². The minimum Gasteiger partial charge on any atom is -0.491 e. The summed E-state index contributed by atoms with van der Waals surface area (Å²) in [6, 6.07) is 4.82. The van der Waals surface area contributed by atoms with Crippen LogP contribution >= 0.6 is 0 Å². The van der Waals surface area contributed by atoms with Gasteiger partial charge in [0.15, 0.2) is 0 Å². The zero-order chi connectivity index (χ0) is 17.4. The smallest absolute Gasteiger partial charge is 0.243 e. The molecule has 1 amide bonds. The molecule has 1 saturated heterocycles. The molecule has 0 aromatic heterocycles. The van der Waals surface area contributed by atoms with E-state index in [1.807, 2.05) is 27.7 Å². The van der Waals surface area contributed by atoms with E-state index in [0.29, 0.717) is 12.3 Å². The second-order valence-corrected chi connectivity index (χ2v) is 8.34. The first-order chi connectivity index (χ1) is 10.6. The molecule has 0 saturated carbocycles. The monoisotopic (exact) mass is 340 g/mol. The number of hydrogen-bond donors (Lipinski definition) is 1. The maximum absolute atomic E-state index is 12.8. The summed E-state index contributed by atoms with van der Waals surface area (Å²) >= 11 is 0. The zero-order valence-corrected chi connectivity index (χ0v) is 14.8. The van der Waals surface area contributed by atoms with Crippen LogP contribution in [0, 0.1) is 18.8 Å². The molecular formula is C16H24N2O4S. The predicted octanol–water partition coefficient (Wildman–Crippen LogP) is 1.52. The summed E-state index contributed by atoms with van der Waals surface area (Å²) in [4.78, 5) is 11.6. The minimum absolute atomic E-state index is 0.0203. The van der Waals surface area contributed by atoms with E-state index in [0.717, 1.165) is 5.56 Å². The highest BCUT2D eigenvalue weighted by molar-refractivity contribution is 7.89. The van der Waals surface area contributed by atoms with Gasteiger partial charge in [0.05, 0.1) is 16.9 Å². The summed E-state index contributed by atoms with van der Waals surface area (Å²) < 4.78 is 32.5. The van der Waals surface area contributed by atoms with Crippen LogP contribution in [0.2, 0.25) is 0 Å². The van der Waals surface area contributed by atoms with Crippen molar-refractivity contribution in [1.82, 2.24) is 4.31 Å². The molecule has 2 N–H and O–H groups in total. The highest BCUT2D eigenvalue weighted by Crippen LogP contribution is 2.30. The summed E-state index contributed by atoms with van der Waals surface area (Å²) in [7, 11) is -3.64. The molecule has 1 aromatic rings. The fraction of sp³-hybridized carbons (Fsp3) is 0.562. The molecule has 23 heavy (non-hydrogen) atoms. The molecule has 1 fully saturated rings. The third kappa shape index (κ3) is 3.67. The van der Waals surface area contributed by atoms with E-state index in [9.17, 15) is 13.2 Å². The third-order valence-electron chi connectivity index (χ3n) is 4.09. The molecule has 0 radical (unpaired) electrons. The van der Waals surface area contributed by atoms with Gasteiger partial charge in [0.25, 0.3) is 0 Å². The molecular weight excluding hydrogens is 316 g/mol. The van der Waals surface area contributed by atoms with E-state index in [1.54, 1.807) is 18.2 Å². The van der Waals surface area contributed by atoms with Gasteiger partial charge in [-0.2, -0.15) is 4.31 Å². The zero-order valence-electron chi connectivity index (χ0n) is 13.9. The number of primary amides is 1. The minimum atomic E-state index is -3.64. The molecule has 6 nitrogen and oxygen atoms in total. The maximum atomic E-state index is 12.8. The Labute approximate surface area is 137 Å². The molecule has 0 bridgehead atoms. The number of carbonyl (C=O) groups excluding carboxylic acids is 1. The lowest BCUT2D eigenvalue weighted by Gasteiger charge is -2.18. The van der Waals surface area contributed by atoms with Gasteiger partial charge >= 0.3 is 0 Å². The lowest BCUT2D eigenvalue weighted by molar-refractivity contribution is -0.122. The Morgan fingerprint density at radius 1 is 1.35 bits per heavy atom. The van der Waals surface area contributed by atoms with Gasteiger partial charge in [0.2, 0.25) is 15.9 Å². The summed E-state index contributed by atoms with van der Waals surface area (Å²) in [5.74, 6) is -0.294. The Bertz CT molecular complexity index is 700. The average molecular weight is 340 g/mol. The first kappa shape index (κ1) is 17.7. The summed E-state index contributed by atoms with van der Waals surface area (Å²) in [6.45, 7) is 7.94. The molecule has 1 heterocycles. The molecule has 1 aliphatic heterocycles. The van der Waals surface area contributed by atoms with Gasteiger partial charge in [-0.15, -0.1) is 0 Å². The summed E-state index contributed by atoms with van der Waals surface area (Å²) in [5, 5.41) is 0. The summed E-state index contributed by atoms with van der Waals surface area (Å²) in [5.41, 5.74) is 6.11. The Morgan fingerprint density at radius 2 is 2.00 bits per heavy atom. The second-order valence-electron chi connectivity index (χ2n) is 6.40. The SMILES string of the molecule is Cc1cc(S(=O)(=O)N2C[C@@H](C)[C@H](C(N)=O)C2)ccc1OC(C)C.